The van der Waals surface area contributed by atoms with Crippen LogP contribution in [0, 0.1) is 0 Å². The zero-order valence-electron chi connectivity index (χ0n) is 12.1. The fourth-order valence-electron chi connectivity index (χ4n) is 2.06. The summed E-state index contributed by atoms with van der Waals surface area (Å²) in [5.74, 6) is 0. The molecule has 0 aliphatic heterocycles. The molecule has 3 rings (SSSR count). The Balaban J connectivity index is 1.84. The van der Waals surface area contributed by atoms with Crippen molar-refractivity contribution in [1.29, 1.82) is 0 Å². The predicted molar refractivity (Wildman–Crippen MR) is 93.8 cm³/mol. The van der Waals surface area contributed by atoms with Crippen LogP contribution in [0.15, 0.2) is 94.9 Å². The number of rotatable bonds is 4. The molecule has 0 aliphatic rings. The van der Waals surface area contributed by atoms with Crippen LogP contribution in [0.1, 0.15) is 11.1 Å². The molecule has 3 aromatic rings. The third kappa shape index (κ3) is 3.76. The van der Waals surface area contributed by atoms with E-state index < -0.39 is 0 Å². The van der Waals surface area contributed by atoms with Gasteiger partial charge in [0.15, 0.2) is 0 Å². The lowest BCUT2D eigenvalue weighted by Crippen LogP contribution is -1.90. The van der Waals surface area contributed by atoms with Crippen LogP contribution in [0.25, 0.3) is 0 Å². The number of hydrogen-bond acceptors (Lipinski definition) is 2. The molecule has 2 heteroatoms. The van der Waals surface area contributed by atoms with Gasteiger partial charge in [0.2, 0.25) is 0 Å². The predicted octanol–water partition coefficient (Wildman–Crippen LogP) is 5.19. The van der Waals surface area contributed by atoms with Gasteiger partial charge in [-0.1, -0.05) is 60.7 Å². The van der Waals surface area contributed by atoms with Crippen molar-refractivity contribution in [3.05, 3.63) is 96.1 Å². The first kappa shape index (κ1) is 14.0. The third-order valence-electron chi connectivity index (χ3n) is 3.21. The summed E-state index contributed by atoms with van der Waals surface area (Å²) >= 11 is 0. The van der Waals surface area contributed by atoms with Gasteiger partial charge in [-0.3, -0.25) is 9.98 Å². The van der Waals surface area contributed by atoms with Crippen molar-refractivity contribution < 1.29 is 0 Å². The Hall–Kier alpha value is -3.00. The van der Waals surface area contributed by atoms with Crippen molar-refractivity contribution in [3.8, 4) is 0 Å². The molecule has 22 heavy (non-hydrogen) atoms. The van der Waals surface area contributed by atoms with E-state index >= 15 is 0 Å². The van der Waals surface area contributed by atoms with Crippen LogP contribution < -0.4 is 0 Å². The Kier molecular flexibility index (Phi) is 4.53. The summed E-state index contributed by atoms with van der Waals surface area (Å²) in [5.41, 5.74) is 3.98. The Labute approximate surface area is 130 Å². The van der Waals surface area contributed by atoms with E-state index in [2.05, 4.69) is 9.98 Å². The first-order chi connectivity index (χ1) is 10.9. The van der Waals surface area contributed by atoms with E-state index in [1.807, 2.05) is 97.4 Å². The van der Waals surface area contributed by atoms with Gasteiger partial charge < -0.3 is 0 Å². The second-order valence-electron chi connectivity index (χ2n) is 4.82. The van der Waals surface area contributed by atoms with Crippen LogP contribution >= 0.6 is 0 Å². The molecule has 0 radical (unpaired) electrons. The van der Waals surface area contributed by atoms with Crippen molar-refractivity contribution in [2.75, 3.05) is 0 Å². The van der Waals surface area contributed by atoms with E-state index in [0.717, 1.165) is 22.5 Å². The van der Waals surface area contributed by atoms with E-state index in [1.54, 1.807) is 0 Å². The first-order valence-electron chi connectivity index (χ1n) is 7.19. The molecule has 106 valence electrons. The number of aliphatic imine (C=N–C) groups is 2. The Morgan fingerprint density at radius 2 is 0.818 bits per heavy atom. The maximum absolute atomic E-state index is 4.51. The van der Waals surface area contributed by atoms with E-state index in [1.165, 1.54) is 0 Å². The maximum Gasteiger partial charge on any atom is 0.0629 e. The molecule has 0 saturated carbocycles. The molecule has 0 atom stereocenters. The topological polar surface area (TPSA) is 24.7 Å². The highest BCUT2D eigenvalue weighted by Gasteiger charge is 1.96. The van der Waals surface area contributed by atoms with Crippen molar-refractivity contribution >= 4 is 23.8 Å². The molecule has 0 saturated heterocycles. The zero-order valence-corrected chi connectivity index (χ0v) is 12.1. The Bertz CT molecular complexity index is 707. The summed E-state index contributed by atoms with van der Waals surface area (Å²) in [6, 6.07) is 27.9. The van der Waals surface area contributed by atoms with Crippen molar-refractivity contribution in [2.24, 2.45) is 9.98 Å². The summed E-state index contributed by atoms with van der Waals surface area (Å²) in [5, 5.41) is 0. The minimum atomic E-state index is 0.942. The summed E-state index contributed by atoms with van der Waals surface area (Å²) in [6.45, 7) is 0. The summed E-state index contributed by atoms with van der Waals surface area (Å²) < 4.78 is 0. The SMILES string of the molecule is C(=Nc1ccccc1)c1ccccc1C=Nc1ccccc1. The molecular weight excluding hydrogens is 268 g/mol. The standard InChI is InChI=1S/C20H16N2/c1-3-11-19(12-4-1)21-15-17-9-7-8-10-18(17)16-22-20-13-5-2-6-14-20/h1-16H. The molecule has 3 aromatic carbocycles. The summed E-state index contributed by atoms with van der Waals surface area (Å²) in [7, 11) is 0. The lowest BCUT2D eigenvalue weighted by molar-refractivity contribution is 1.50. The van der Waals surface area contributed by atoms with Crippen LogP contribution in [0.4, 0.5) is 11.4 Å². The monoisotopic (exact) mass is 284 g/mol. The van der Waals surface area contributed by atoms with Crippen LogP contribution in [0.5, 0.6) is 0 Å². The van der Waals surface area contributed by atoms with Gasteiger partial charge in [0.25, 0.3) is 0 Å². The Morgan fingerprint density at radius 3 is 1.23 bits per heavy atom. The van der Waals surface area contributed by atoms with E-state index in [0.29, 0.717) is 0 Å². The number of hydrogen-bond donors (Lipinski definition) is 0. The average molecular weight is 284 g/mol. The molecule has 0 bridgehead atoms. The molecule has 0 fully saturated rings. The number of benzene rings is 3. The van der Waals surface area contributed by atoms with Crippen LogP contribution in [0.2, 0.25) is 0 Å². The van der Waals surface area contributed by atoms with Crippen LogP contribution in [-0.4, -0.2) is 12.4 Å². The number of nitrogens with zero attached hydrogens (tertiary/aromatic N) is 2. The maximum atomic E-state index is 4.51. The van der Waals surface area contributed by atoms with Crippen molar-refractivity contribution in [1.82, 2.24) is 0 Å². The highest BCUT2D eigenvalue weighted by atomic mass is 14.7. The first-order valence-corrected chi connectivity index (χ1v) is 7.19. The number of para-hydroxylation sites is 2. The summed E-state index contributed by atoms with van der Waals surface area (Å²) in [4.78, 5) is 9.01. The molecule has 0 heterocycles. The van der Waals surface area contributed by atoms with E-state index in [4.69, 9.17) is 0 Å². The molecule has 0 unspecified atom stereocenters. The summed E-state index contributed by atoms with van der Waals surface area (Å²) in [6.07, 6.45) is 3.75. The second kappa shape index (κ2) is 7.14. The van der Waals surface area contributed by atoms with Gasteiger partial charge in [-0.15, -0.1) is 0 Å². The molecule has 0 spiro atoms. The van der Waals surface area contributed by atoms with Gasteiger partial charge in [-0.05, 0) is 24.3 Å². The smallest absolute Gasteiger partial charge is 0.0629 e. The average Bonchev–Trinajstić information content (AvgIpc) is 2.61. The highest BCUT2D eigenvalue weighted by molar-refractivity contribution is 5.95. The lowest BCUT2D eigenvalue weighted by atomic mass is 10.1. The quantitative estimate of drug-likeness (QED) is 0.589. The molecule has 0 N–H and O–H groups in total. The van der Waals surface area contributed by atoms with Gasteiger partial charge >= 0.3 is 0 Å². The zero-order chi connectivity index (χ0) is 15.0. The normalized spacial score (nSPS) is 11.3. The molecule has 2 nitrogen and oxygen atoms in total. The molecule has 0 aliphatic carbocycles. The second-order valence-corrected chi connectivity index (χ2v) is 4.82. The van der Waals surface area contributed by atoms with Gasteiger partial charge in [0, 0.05) is 23.6 Å². The molecular formula is C20H16N2. The largest absolute Gasteiger partial charge is 0.256 e. The van der Waals surface area contributed by atoms with Gasteiger partial charge in [-0.25, -0.2) is 0 Å². The Morgan fingerprint density at radius 1 is 0.455 bits per heavy atom. The van der Waals surface area contributed by atoms with Gasteiger partial charge in [0.1, 0.15) is 0 Å². The highest BCUT2D eigenvalue weighted by Crippen LogP contribution is 2.13. The van der Waals surface area contributed by atoms with Crippen LogP contribution in [-0.2, 0) is 0 Å². The minimum Gasteiger partial charge on any atom is -0.256 e. The van der Waals surface area contributed by atoms with Gasteiger partial charge in [0.05, 0.1) is 11.4 Å². The van der Waals surface area contributed by atoms with Gasteiger partial charge in [-0.2, -0.15) is 0 Å². The lowest BCUT2D eigenvalue weighted by Gasteiger charge is -2.00. The van der Waals surface area contributed by atoms with Crippen LogP contribution in [0.3, 0.4) is 0 Å². The third-order valence-corrected chi connectivity index (χ3v) is 3.21. The van der Waals surface area contributed by atoms with Crippen molar-refractivity contribution in [3.63, 3.8) is 0 Å². The fraction of sp³-hybridized carbons (Fsp3) is 0. The fourth-order valence-corrected chi connectivity index (χ4v) is 2.06. The van der Waals surface area contributed by atoms with Crippen molar-refractivity contribution in [2.45, 2.75) is 0 Å². The molecule has 0 amide bonds. The van der Waals surface area contributed by atoms with E-state index in [-0.39, 0.29) is 0 Å². The minimum absolute atomic E-state index is 0.942. The molecule has 0 aromatic heterocycles. The van der Waals surface area contributed by atoms with E-state index in [9.17, 15) is 0 Å².